The number of nitrogens with zero attached hydrogens (tertiary/aromatic N) is 1. The molecule has 4 heteroatoms. The number of aromatic nitrogens is 1. The second kappa shape index (κ2) is 3.23. The number of oxazole rings is 1. The monoisotopic (exact) mass is 191 g/mol. The molecule has 72 valence electrons. The maximum atomic E-state index is 11.1. The number of hydrogen-bond donors (Lipinski definition) is 1. The zero-order chi connectivity index (χ0) is 10.1. The second-order valence-corrected chi connectivity index (χ2v) is 3.00. The molecule has 0 aliphatic carbocycles. The highest BCUT2D eigenvalue weighted by Crippen LogP contribution is 2.17. The van der Waals surface area contributed by atoms with Gasteiger partial charge in [-0.2, -0.15) is 0 Å². The van der Waals surface area contributed by atoms with Gasteiger partial charge in [0.15, 0.2) is 11.4 Å². The van der Waals surface area contributed by atoms with Crippen molar-refractivity contribution in [2.45, 2.75) is 13.5 Å². The number of carbonyl (C=O) groups excluding carboxylic acids is 1. The molecular weight excluding hydrogens is 182 g/mol. The molecule has 1 heterocycles. The smallest absolute Gasteiger partial charge is 0.221 e. The quantitative estimate of drug-likeness (QED) is 0.731. The average molecular weight is 191 g/mol. The van der Waals surface area contributed by atoms with Crippen LogP contribution in [0.25, 0.3) is 11.1 Å². The molecule has 1 aromatic heterocycles. The molecule has 1 N–H and O–H groups in total. The lowest BCUT2D eigenvalue weighted by molar-refractivity contribution is 0.101. The number of ketones is 1. The summed E-state index contributed by atoms with van der Waals surface area (Å²) in [6.45, 7) is 1.26. The van der Waals surface area contributed by atoms with Crippen LogP contribution in [-0.4, -0.2) is 15.9 Å². The highest BCUT2D eigenvalue weighted by atomic mass is 16.4. The molecule has 0 aliphatic heterocycles. The van der Waals surface area contributed by atoms with Crippen LogP contribution in [0.2, 0.25) is 0 Å². The van der Waals surface area contributed by atoms with Crippen LogP contribution in [0.15, 0.2) is 22.6 Å². The van der Waals surface area contributed by atoms with Crippen molar-refractivity contribution < 1.29 is 14.3 Å². The van der Waals surface area contributed by atoms with E-state index in [1.807, 2.05) is 0 Å². The van der Waals surface area contributed by atoms with E-state index in [4.69, 9.17) is 9.52 Å². The number of aliphatic hydroxyl groups excluding tert-OH is 1. The van der Waals surface area contributed by atoms with Crippen LogP contribution in [0.3, 0.4) is 0 Å². The van der Waals surface area contributed by atoms with Gasteiger partial charge in [0, 0.05) is 5.56 Å². The number of fused-ring (bicyclic) bond motifs is 1. The van der Waals surface area contributed by atoms with E-state index in [1.165, 1.54) is 6.92 Å². The first-order chi connectivity index (χ1) is 6.70. The molecule has 0 bridgehead atoms. The molecule has 14 heavy (non-hydrogen) atoms. The van der Waals surface area contributed by atoms with Crippen molar-refractivity contribution in [2.24, 2.45) is 0 Å². The third-order valence-corrected chi connectivity index (χ3v) is 1.97. The zero-order valence-electron chi connectivity index (χ0n) is 7.65. The second-order valence-electron chi connectivity index (χ2n) is 3.00. The third-order valence-electron chi connectivity index (χ3n) is 1.97. The summed E-state index contributed by atoms with van der Waals surface area (Å²) >= 11 is 0. The minimum atomic E-state index is -0.232. The van der Waals surface area contributed by atoms with Gasteiger partial charge in [0.05, 0.1) is 0 Å². The lowest BCUT2D eigenvalue weighted by atomic mass is 10.1. The number of rotatable bonds is 2. The summed E-state index contributed by atoms with van der Waals surface area (Å²) in [6, 6.07) is 5.02. The predicted octanol–water partition coefficient (Wildman–Crippen LogP) is 1.52. The Morgan fingerprint density at radius 3 is 3.00 bits per heavy atom. The van der Waals surface area contributed by atoms with E-state index < -0.39 is 0 Å². The van der Waals surface area contributed by atoms with Gasteiger partial charge in [-0.15, -0.1) is 0 Å². The number of Topliss-reactive ketones (excluding diaryl/α,β-unsaturated/α-hetero) is 1. The molecule has 0 radical (unpaired) electrons. The van der Waals surface area contributed by atoms with Gasteiger partial charge >= 0.3 is 0 Å². The van der Waals surface area contributed by atoms with Gasteiger partial charge < -0.3 is 9.52 Å². The molecule has 4 nitrogen and oxygen atoms in total. The van der Waals surface area contributed by atoms with Crippen molar-refractivity contribution in [2.75, 3.05) is 0 Å². The van der Waals surface area contributed by atoms with E-state index >= 15 is 0 Å². The minimum absolute atomic E-state index is 0.0196. The highest BCUT2D eigenvalue weighted by Gasteiger charge is 2.06. The Morgan fingerprint density at radius 1 is 1.57 bits per heavy atom. The zero-order valence-corrected chi connectivity index (χ0v) is 7.65. The summed E-state index contributed by atoms with van der Waals surface area (Å²) < 4.78 is 5.19. The van der Waals surface area contributed by atoms with Crippen molar-refractivity contribution in [3.63, 3.8) is 0 Å². The number of aliphatic hydroxyl groups is 1. The lowest BCUT2D eigenvalue weighted by Gasteiger charge is -1.92. The molecule has 0 saturated carbocycles. The topological polar surface area (TPSA) is 63.3 Å². The Kier molecular flexibility index (Phi) is 2.05. The molecule has 0 spiro atoms. The maximum Gasteiger partial charge on any atom is 0.221 e. The van der Waals surface area contributed by atoms with Gasteiger partial charge in [-0.3, -0.25) is 4.79 Å². The Bertz CT molecular complexity index is 487. The van der Waals surface area contributed by atoms with Crippen molar-refractivity contribution in [1.29, 1.82) is 0 Å². The van der Waals surface area contributed by atoms with Crippen LogP contribution in [-0.2, 0) is 6.61 Å². The largest absolute Gasteiger partial charge is 0.438 e. The predicted molar refractivity (Wildman–Crippen MR) is 49.9 cm³/mol. The van der Waals surface area contributed by atoms with Gasteiger partial charge in [0.1, 0.15) is 12.1 Å². The van der Waals surface area contributed by atoms with Crippen molar-refractivity contribution in [1.82, 2.24) is 4.98 Å². The Hall–Kier alpha value is -1.68. The van der Waals surface area contributed by atoms with Gasteiger partial charge in [-0.05, 0) is 25.1 Å². The fraction of sp³-hybridized carbons (Fsp3) is 0.200. The molecule has 0 amide bonds. The van der Waals surface area contributed by atoms with Crippen molar-refractivity contribution in [3.05, 3.63) is 29.7 Å². The summed E-state index contributed by atoms with van der Waals surface area (Å²) in [5.41, 5.74) is 1.76. The summed E-state index contributed by atoms with van der Waals surface area (Å²) in [6.07, 6.45) is 0. The highest BCUT2D eigenvalue weighted by molar-refractivity contribution is 5.96. The number of hydrogen-bond acceptors (Lipinski definition) is 4. The molecule has 1 aromatic carbocycles. The molecule has 0 fully saturated rings. The summed E-state index contributed by atoms with van der Waals surface area (Å²) in [5, 5.41) is 8.79. The van der Waals surface area contributed by atoms with Gasteiger partial charge in [-0.25, -0.2) is 4.98 Å². The first-order valence-electron chi connectivity index (χ1n) is 4.22. The van der Waals surface area contributed by atoms with Crippen LogP contribution in [0.1, 0.15) is 23.2 Å². The van der Waals surface area contributed by atoms with E-state index in [0.717, 1.165) is 0 Å². The number of benzene rings is 1. The number of carbonyl (C=O) groups is 1. The van der Waals surface area contributed by atoms with Crippen molar-refractivity contribution >= 4 is 16.9 Å². The van der Waals surface area contributed by atoms with Gasteiger partial charge in [0.25, 0.3) is 0 Å². The van der Waals surface area contributed by atoms with Crippen LogP contribution in [0.4, 0.5) is 0 Å². The summed E-state index contributed by atoms with van der Waals surface area (Å²) in [5.74, 6) is 0.245. The molecule has 2 rings (SSSR count). The van der Waals surface area contributed by atoms with E-state index in [2.05, 4.69) is 4.98 Å². The van der Waals surface area contributed by atoms with E-state index in [9.17, 15) is 4.79 Å². The third kappa shape index (κ3) is 1.40. The first kappa shape index (κ1) is 8.90. The molecular formula is C10H9NO3. The minimum Gasteiger partial charge on any atom is -0.438 e. The van der Waals surface area contributed by atoms with Crippen molar-refractivity contribution in [3.8, 4) is 0 Å². The van der Waals surface area contributed by atoms with Crippen LogP contribution >= 0.6 is 0 Å². The van der Waals surface area contributed by atoms with E-state index in [1.54, 1.807) is 18.2 Å². The summed E-state index contributed by atoms with van der Waals surface area (Å²) in [7, 11) is 0. The molecule has 0 aliphatic rings. The SMILES string of the molecule is CC(=O)c1ccc2nc(CO)oc2c1. The van der Waals surface area contributed by atoms with Gasteiger partial charge in [0.2, 0.25) is 5.89 Å². The van der Waals surface area contributed by atoms with Crippen LogP contribution in [0, 0.1) is 0 Å². The molecule has 0 atom stereocenters. The molecule has 0 unspecified atom stereocenters. The van der Waals surface area contributed by atoms with Crippen LogP contribution < -0.4 is 0 Å². The normalized spacial score (nSPS) is 10.7. The first-order valence-corrected chi connectivity index (χ1v) is 4.22. The average Bonchev–Trinajstić information content (AvgIpc) is 2.58. The standard InChI is InChI=1S/C10H9NO3/c1-6(13)7-2-3-8-9(4-7)14-10(5-12)11-8/h2-4,12H,5H2,1H3. The molecule has 0 saturated heterocycles. The Labute approximate surface area is 80.2 Å². The lowest BCUT2D eigenvalue weighted by Crippen LogP contribution is -1.89. The van der Waals surface area contributed by atoms with Crippen LogP contribution in [0.5, 0.6) is 0 Å². The fourth-order valence-electron chi connectivity index (χ4n) is 1.26. The maximum absolute atomic E-state index is 11.1. The molecule has 2 aromatic rings. The summed E-state index contributed by atoms with van der Waals surface area (Å²) in [4.78, 5) is 15.1. The Balaban J connectivity index is 2.59. The van der Waals surface area contributed by atoms with Gasteiger partial charge in [-0.1, -0.05) is 0 Å². The van der Waals surface area contributed by atoms with E-state index in [0.29, 0.717) is 16.7 Å². The Morgan fingerprint density at radius 2 is 2.36 bits per heavy atom. The van der Waals surface area contributed by atoms with E-state index in [-0.39, 0.29) is 18.3 Å². The fourth-order valence-corrected chi connectivity index (χ4v) is 1.26.